The predicted molar refractivity (Wildman–Crippen MR) is 111 cm³/mol. The highest BCUT2D eigenvalue weighted by Crippen LogP contribution is 2.28. The van der Waals surface area contributed by atoms with Crippen LogP contribution < -0.4 is 0 Å². The van der Waals surface area contributed by atoms with Crippen molar-refractivity contribution in [3.63, 3.8) is 0 Å². The van der Waals surface area contributed by atoms with Gasteiger partial charge in [0.2, 0.25) is 11.8 Å². The van der Waals surface area contributed by atoms with Crippen LogP contribution in [0, 0.1) is 0 Å². The molecule has 1 aromatic heterocycles. The van der Waals surface area contributed by atoms with Crippen LogP contribution in [0.5, 0.6) is 0 Å². The average molecular weight is 432 g/mol. The molecule has 0 N–H and O–H groups in total. The highest BCUT2D eigenvalue weighted by Gasteiger charge is 2.31. The fourth-order valence-corrected chi connectivity index (χ4v) is 4.34. The monoisotopic (exact) mass is 431 g/mol. The van der Waals surface area contributed by atoms with E-state index < -0.39 is 0 Å². The second kappa shape index (κ2) is 9.14. The van der Waals surface area contributed by atoms with Gasteiger partial charge in [-0.15, -0.1) is 10.2 Å². The van der Waals surface area contributed by atoms with E-state index in [1.165, 1.54) is 7.11 Å². The van der Waals surface area contributed by atoms with Crippen LogP contribution in [0.1, 0.15) is 36.0 Å². The van der Waals surface area contributed by atoms with Gasteiger partial charge in [0, 0.05) is 44.2 Å². The Morgan fingerprint density at radius 1 is 1.10 bits per heavy atom. The number of rotatable bonds is 5. The molecule has 1 atom stereocenters. The van der Waals surface area contributed by atoms with Gasteiger partial charge in [-0.25, -0.2) is 0 Å². The number of aromatic nitrogens is 3. The third-order valence-electron chi connectivity index (χ3n) is 5.81. The number of amides is 2. The Bertz CT molecular complexity index is 914. The Balaban J connectivity index is 1.41. The van der Waals surface area contributed by atoms with Gasteiger partial charge >= 0.3 is 0 Å². The average Bonchev–Trinajstić information content (AvgIpc) is 3.19. The van der Waals surface area contributed by atoms with Crippen molar-refractivity contribution in [2.45, 2.75) is 38.3 Å². The number of likely N-dealkylation sites (tertiary alicyclic amines) is 1. The molecule has 160 valence electrons. The van der Waals surface area contributed by atoms with Crippen LogP contribution in [0.3, 0.4) is 0 Å². The Morgan fingerprint density at radius 2 is 1.90 bits per heavy atom. The number of hydrogen-bond donors (Lipinski definition) is 0. The van der Waals surface area contributed by atoms with Crippen molar-refractivity contribution >= 4 is 23.4 Å². The Morgan fingerprint density at radius 3 is 2.67 bits per heavy atom. The SMILES string of the molecule is COCC(=O)N1CCCC(c2nnc3n2CCN(C(=O)Cc2ccc(Cl)cc2)C3)C1. The molecular formula is C21H26ClN5O3. The molecule has 2 aliphatic rings. The van der Waals surface area contributed by atoms with Crippen LogP contribution in [0.2, 0.25) is 5.02 Å². The second-order valence-corrected chi connectivity index (χ2v) is 8.29. The number of hydrogen-bond acceptors (Lipinski definition) is 5. The standard InChI is InChI=1S/C21H26ClN5O3/c1-30-14-20(29)25-8-2-3-16(12-25)21-24-23-18-13-26(9-10-27(18)21)19(28)11-15-4-6-17(22)7-5-15/h4-7,16H,2-3,8-14H2,1H3. The van der Waals surface area contributed by atoms with Crippen LogP contribution in [0.25, 0.3) is 0 Å². The minimum Gasteiger partial charge on any atom is -0.375 e. The maximum Gasteiger partial charge on any atom is 0.248 e. The van der Waals surface area contributed by atoms with Gasteiger partial charge in [0.25, 0.3) is 0 Å². The number of ether oxygens (including phenoxy) is 1. The molecule has 0 aliphatic carbocycles. The van der Waals surface area contributed by atoms with Gasteiger partial charge in [0.05, 0.1) is 13.0 Å². The fourth-order valence-electron chi connectivity index (χ4n) is 4.21. The Hall–Kier alpha value is -2.45. The van der Waals surface area contributed by atoms with E-state index in [4.69, 9.17) is 16.3 Å². The molecule has 1 fully saturated rings. The van der Waals surface area contributed by atoms with Gasteiger partial charge < -0.3 is 19.1 Å². The highest BCUT2D eigenvalue weighted by atomic mass is 35.5. The topological polar surface area (TPSA) is 80.6 Å². The molecule has 8 nitrogen and oxygen atoms in total. The third-order valence-corrected chi connectivity index (χ3v) is 6.06. The van der Waals surface area contributed by atoms with Crippen molar-refractivity contribution in [3.05, 3.63) is 46.5 Å². The van der Waals surface area contributed by atoms with Crippen LogP contribution in [0.15, 0.2) is 24.3 Å². The van der Waals surface area contributed by atoms with Gasteiger partial charge in [0.15, 0.2) is 5.82 Å². The maximum atomic E-state index is 12.7. The summed E-state index contributed by atoms with van der Waals surface area (Å²) < 4.78 is 7.11. The number of nitrogens with zero attached hydrogens (tertiary/aromatic N) is 5. The molecule has 2 amide bonds. The normalized spacial score (nSPS) is 18.9. The molecule has 4 rings (SSSR count). The number of carbonyl (C=O) groups is 2. The predicted octanol–water partition coefficient (Wildman–Crippen LogP) is 1.87. The Kier molecular flexibility index (Phi) is 6.34. The second-order valence-electron chi connectivity index (χ2n) is 7.86. The molecule has 1 aromatic carbocycles. The van der Waals surface area contributed by atoms with E-state index in [-0.39, 0.29) is 24.3 Å². The summed E-state index contributed by atoms with van der Waals surface area (Å²) in [6.45, 7) is 3.26. The van der Waals surface area contributed by atoms with Crippen LogP contribution in [-0.2, 0) is 33.8 Å². The molecule has 2 aromatic rings. The number of benzene rings is 1. The summed E-state index contributed by atoms with van der Waals surface area (Å²) >= 11 is 5.92. The van der Waals surface area contributed by atoms with Crippen molar-refractivity contribution in [2.24, 2.45) is 0 Å². The first-order valence-corrected chi connectivity index (χ1v) is 10.6. The summed E-state index contributed by atoms with van der Waals surface area (Å²) in [5, 5.41) is 9.46. The molecule has 9 heteroatoms. The number of carbonyl (C=O) groups excluding carboxylic acids is 2. The molecule has 3 heterocycles. The summed E-state index contributed by atoms with van der Waals surface area (Å²) in [7, 11) is 1.54. The van der Waals surface area contributed by atoms with E-state index in [9.17, 15) is 9.59 Å². The third kappa shape index (κ3) is 4.49. The summed E-state index contributed by atoms with van der Waals surface area (Å²) in [6, 6.07) is 7.36. The minimum atomic E-state index is 0.0135. The lowest BCUT2D eigenvalue weighted by Gasteiger charge is -2.33. The van der Waals surface area contributed by atoms with Crippen molar-refractivity contribution in [1.82, 2.24) is 24.6 Å². The smallest absolute Gasteiger partial charge is 0.248 e. The van der Waals surface area contributed by atoms with E-state index in [1.54, 1.807) is 12.1 Å². The first kappa shape index (κ1) is 20.8. The molecule has 0 bridgehead atoms. The number of fused-ring (bicyclic) bond motifs is 1. The quantitative estimate of drug-likeness (QED) is 0.722. The van der Waals surface area contributed by atoms with Gasteiger partial charge in [0.1, 0.15) is 12.4 Å². The van der Waals surface area contributed by atoms with E-state index in [2.05, 4.69) is 14.8 Å². The lowest BCUT2D eigenvalue weighted by molar-refractivity contribution is -0.136. The van der Waals surface area contributed by atoms with Crippen LogP contribution >= 0.6 is 11.6 Å². The lowest BCUT2D eigenvalue weighted by atomic mass is 9.97. The molecule has 1 saturated heterocycles. The zero-order valence-corrected chi connectivity index (χ0v) is 17.8. The maximum absolute atomic E-state index is 12.7. The number of halogens is 1. The van der Waals surface area contributed by atoms with Crippen molar-refractivity contribution in [3.8, 4) is 0 Å². The van der Waals surface area contributed by atoms with Crippen LogP contribution in [0.4, 0.5) is 0 Å². The minimum absolute atomic E-state index is 0.0135. The van der Waals surface area contributed by atoms with Crippen molar-refractivity contribution in [1.29, 1.82) is 0 Å². The molecule has 2 aliphatic heterocycles. The van der Waals surface area contributed by atoms with E-state index in [0.29, 0.717) is 37.6 Å². The van der Waals surface area contributed by atoms with E-state index in [0.717, 1.165) is 36.6 Å². The molecule has 30 heavy (non-hydrogen) atoms. The molecule has 0 saturated carbocycles. The largest absolute Gasteiger partial charge is 0.375 e. The molecular weight excluding hydrogens is 406 g/mol. The molecule has 0 radical (unpaired) electrons. The first-order valence-electron chi connectivity index (χ1n) is 10.3. The van der Waals surface area contributed by atoms with Gasteiger partial charge in [-0.1, -0.05) is 23.7 Å². The first-order chi connectivity index (χ1) is 14.5. The summed E-state index contributed by atoms with van der Waals surface area (Å²) in [5.74, 6) is 1.98. The Labute approximate surface area is 180 Å². The van der Waals surface area contributed by atoms with Gasteiger partial charge in [-0.2, -0.15) is 0 Å². The van der Waals surface area contributed by atoms with E-state index >= 15 is 0 Å². The molecule has 0 spiro atoms. The zero-order valence-electron chi connectivity index (χ0n) is 17.1. The number of piperidine rings is 1. The summed E-state index contributed by atoms with van der Waals surface area (Å²) in [4.78, 5) is 28.6. The van der Waals surface area contributed by atoms with Gasteiger partial charge in [-0.3, -0.25) is 9.59 Å². The van der Waals surface area contributed by atoms with Crippen LogP contribution in [-0.4, -0.2) is 69.7 Å². The number of methoxy groups -OCH3 is 1. The van der Waals surface area contributed by atoms with Crippen molar-refractivity contribution in [2.75, 3.05) is 33.4 Å². The summed E-state index contributed by atoms with van der Waals surface area (Å²) in [5.41, 5.74) is 0.945. The van der Waals surface area contributed by atoms with Gasteiger partial charge in [-0.05, 0) is 30.5 Å². The highest BCUT2D eigenvalue weighted by molar-refractivity contribution is 6.30. The zero-order chi connectivity index (χ0) is 21.1. The van der Waals surface area contributed by atoms with Crippen molar-refractivity contribution < 1.29 is 14.3 Å². The molecule has 1 unspecified atom stereocenters. The lowest BCUT2D eigenvalue weighted by Crippen LogP contribution is -2.42. The fraction of sp³-hybridized carbons (Fsp3) is 0.524. The summed E-state index contributed by atoms with van der Waals surface area (Å²) in [6.07, 6.45) is 2.26. The van der Waals surface area contributed by atoms with E-state index in [1.807, 2.05) is 21.9 Å².